The Kier molecular flexibility index (Phi) is 3.40. The summed E-state index contributed by atoms with van der Waals surface area (Å²) in [5, 5.41) is 11.9. The van der Waals surface area contributed by atoms with Crippen LogP contribution < -0.4 is 0 Å². The Bertz CT molecular complexity index is 1230. The van der Waals surface area contributed by atoms with E-state index >= 15 is 0 Å². The van der Waals surface area contributed by atoms with Crippen molar-refractivity contribution in [2.45, 2.75) is 64.1 Å². The predicted octanol–water partition coefficient (Wildman–Crippen LogP) is 2.91. The van der Waals surface area contributed by atoms with Crippen LogP contribution in [0.15, 0.2) is 17.4 Å². The lowest BCUT2D eigenvalue weighted by molar-refractivity contribution is -0.154. The number of fused-ring (bicyclic) bond motifs is 4. The summed E-state index contributed by atoms with van der Waals surface area (Å²) in [6.45, 7) is 3.90. The molecule has 1 aromatic heterocycles. The largest absolute Gasteiger partial charge is 0.418 e. The Morgan fingerprint density at radius 3 is 2.83 bits per heavy atom. The molecule has 4 aliphatic rings. The molecular formula is C23H21FN2O4. The summed E-state index contributed by atoms with van der Waals surface area (Å²) in [7, 11) is 0. The molecule has 0 saturated heterocycles. The van der Waals surface area contributed by atoms with Crippen molar-refractivity contribution in [2.75, 3.05) is 0 Å². The number of aryl methyl sites for hydroxylation is 2. The maximum absolute atomic E-state index is 14.6. The summed E-state index contributed by atoms with van der Waals surface area (Å²) in [5.41, 5.74) is 3.85. The minimum Gasteiger partial charge on any atom is -0.418 e. The van der Waals surface area contributed by atoms with Crippen LogP contribution in [0, 0.1) is 12.7 Å². The number of nitrogens with zero attached hydrogens (tertiary/aromatic N) is 2. The van der Waals surface area contributed by atoms with Crippen molar-refractivity contribution < 1.29 is 23.8 Å². The minimum atomic E-state index is -1.76. The number of pyridine rings is 1. The van der Waals surface area contributed by atoms with E-state index in [0.29, 0.717) is 29.6 Å². The zero-order valence-electron chi connectivity index (χ0n) is 16.8. The summed E-state index contributed by atoms with van der Waals surface area (Å²) >= 11 is 0. The molecule has 1 unspecified atom stereocenters. The molecule has 4 heterocycles. The topological polar surface area (TPSA) is 79.7 Å². The number of amides is 1. The molecule has 0 spiro atoms. The van der Waals surface area contributed by atoms with Gasteiger partial charge < -0.3 is 14.7 Å². The van der Waals surface area contributed by atoms with Gasteiger partial charge in [-0.3, -0.25) is 9.78 Å². The fraction of sp³-hybridized carbons (Fsp3) is 0.435. The molecule has 2 aromatic rings. The highest BCUT2D eigenvalue weighted by atomic mass is 19.1. The number of esters is 1. The molecule has 30 heavy (non-hydrogen) atoms. The van der Waals surface area contributed by atoms with E-state index in [-0.39, 0.29) is 29.9 Å². The van der Waals surface area contributed by atoms with Gasteiger partial charge in [0, 0.05) is 30.0 Å². The average Bonchev–Trinajstić information content (AvgIpc) is 3.23. The van der Waals surface area contributed by atoms with E-state index in [2.05, 4.69) is 0 Å². The molecule has 0 radical (unpaired) electrons. The molecule has 154 valence electrons. The number of aliphatic hydroxyl groups is 1. The van der Waals surface area contributed by atoms with Crippen LogP contribution in [-0.4, -0.2) is 32.5 Å². The summed E-state index contributed by atoms with van der Waals surface area (Å²) in [4.78, 5) is 31.9. The van der Waals surface area contributed by atoms with E-state index in [9.17, 15) is 19.1 Å². The van der Waals surface area contributed by atoms with Crippen LogP contribution in [0.2, 0.25) is 0 Å². The third-order valence-corrected chi connectivity index (χ3v) is 7.39. The number of hydrogen-bond donors (Lipinski definition) is 1. The van der Waals surface area contributed by atoms with E-state index in [1.54, 1.807) is 11.8 Å². The zero-order chi connectivity index (χ0) is 20.9. The minimum absolute atomic E-state index is 0.0332. The molecule has 1 amide bonds. The van der Waals surface area contributed by atoms with Gasteiger partial charge in [0.15, 0.2) is 11.4 Å². The van der Waals surface area contributed by atoms with Crippen LogP contribution in [-0.2, 0) is 33.7 Å². The first-order valence-electron chi connectivity index (χ1n) is 10.5. The van der Waals surface area contributed by atoms with Gasteiger partial charge in [-0.15, -0.1) is 0 Å². The van der Waals surface area contributed by atoms with Crippen LogP contribution in [0.25, 0.3) is 10.9 Å². The number of carbonyl (C=O) groups excluding carboxylic acids is 2. The highest BCUT2D eigenvalue weighted by Gasteiger charge is 2.56. The van der Waals surface area contributed by atoms with Crippen LogP contribution in [0.4, 0.5) is 4.39 Å². The third-order valence-electron chi connectivity index (χ3n) is 7.39. The van der Waals surface area contributed by atoms with Gasteiger partial charge in [0.2, 0.25) is 0 Å². The number of halogens is 1. The van der Waals surface area contributed by atoms with Crippen molar-refractivity contribution in [2.24, 2.45) is 0 Å². The normalized spacial score (nSPS) is 26.8. The second-order valence-electron chi connectivity index (χ2n) is 8.73. The first-order chi connectivity index (χ1) is 14.3. The SMILES string of the molecule is CC[C@@]1(O)C(=O)OC2=C1CC1c3nc4cc(F)c(C)c5c4c(c3CN1C2=O)CCC5. The molecule has 6 nitrogen and oxygen atoms in total. The summed E-state index contributed by atoms with van der Waals surface area (Å²) in [6.07, 6.45) is 3.07. The molecule has 1 N–H and O–H groups in total. The quantitative estimate of drug-likeness (QED) is 0.734. The standard InChI is InChI=1S/C23H21FN2O4/c1-3-23(29)14-7-17-19-13(9-26(17)21(27)20(14)30-22(23)28)12-6-4-5-11-10(2)15(24)8-16(25-19)18(11)12/h8,17,29H,3-7,9H2,1-2H3/t17?,23-/m0/s1. The second-order valence-corrected chi connectivity index (χ2v) is 8.73. The van der Waals surface area contributed by atoms with Crippen LogP contribution in [0.3, 0.4) is 0 Å². The Balaban J connectivity index is 1.55. The number of benzene rings is 1. The molecule has 6 rings (SSSR count). The highest BCUT2D eigenvalue weighted by molar-refractivity contribution is 6.03. The zero-order valence-corrected chi connectivity index (χ0v) is 16.8. The number of carbonyl (C=O) groups is 2. The summed E-state index contributed by atoms with van der Waals surface area (Å²) in [6, 6.07) is 1.11. The maximum atomic E-state index is 14.6. The fourth-order valence-corrected chi connectivity index (χ4v) is 5.71. The van der Waals surface area contributed by atoms with Gasteiger partial charge in [-0.2, -0.15) is 0 Å². The molecule has 1 aliphatic carbocycles. The Labute approximate surface area is 172 Å². The number of aromatic nitrogens is 1. The van der Waals surface area contributed by atoms with Gasteiger partial charge in [-0.25, -0.2) is 9.18 Å². The van der Waals surface area contributed by atoms with Crippen molar-refractivity contribution in [3.8, 4) is 0 Å². The van der Waals surface area contributed by atoms with E-state index < -0.39 is 11.6 Å². The number of ether oxygens (including phenoxy) is 1. The molecule has 3 aliphatic heterocycles. The molecule has 0 fully saturated rings. The van der Waals surface area contributed by atoms with E-state index in [1.165, 1.54) is 6.07 Å². The lowest BCUT2D eigenvalue weighted by atomic mass is 9.83. The van der Waals surface area contributed by atoms with Gasteiger partial charge in [-0.05, 0) is 54.9 Å². The van der Waals surface area contributed by atoms with Crippen LogP contribution in [0.5, 0.6) is 0 Å². The van der Waals surface area contributed by atoms with Gasteiger partial charge in [0.1, 0.15) is 5.82 Å². The van der Waals surface area contributed by atoms with Gasteiger partial charge in [-0.1, -0.05) is 6.92 Å². The first kappa shape index (κ1) is 18.0. The summed E-state index contributed by atoms with van der Waals surface area (Å²) < 4.78 is 19.8. The van der Waals surface area contributed by atoms with Crippen molar-refractivity contribution in [3.63, 3.8) is 0 Å². The van der Waals surface area contributed by atoms with Crippen molar-refractivity contribution in [3.05, 3.63) is 51.2 Å². The lowest BCUT2D eigenvalue weighted by Crippen LogP contribution is -2.40. The van der Waals surface area contributed by atoms with E-state index in [0.717, 1.165) is 47.0 Å². The second kappa shape index (κ2) is 5.66. The van der Waals surface area contributed by atoms with Crippen LogP contribution >= 0.6 is 0 Å². The molecular weight excluding hydrogens is 387 g/mol. The van der Waals surface area contributed by atoms with E-state index in [4.69, 9.17) is 9.72 Å². The van der Waals surface area contributed by atoms with E-state index in [1.807, 2.05) is 6.92 Å². The predicted molar refractivity (Wildman–Crippen MR) is 105 cm³/mol. The monoisotopic (exact) mass is 408 g/mol. The number of hydrogen-bond acceptors (Lipinski definition) is 5. The lowest BCUT2D eigenvalue weighted by Gasteiger charge is -2.31. The van der Waals surface area contributed by atoms with Crippen LogP contribution in [0.1, 0.15) is 60.2 Å². The van der Waals surface area contributed by atoms with Gasteiger partial charge in [0.05, 0.1) is 17.3 Å². The number of rotatable bonds is 1. The van der Waals surface area contributed by atoms with Crippen molar-refractivity contribution in [1.29, 1.82) is 0 Å². The van der Waals surface area contributed by atoms with Crippen molar-refractivity contribution >= 4 is 22.8 Å². The fourth-order valence-electron chi connectivity index (χ4n) is 5.71. The van der Waals surface area contributed by atoms with Crippen molar-refractivity contribution in [1.82, 2.24) is 9.88 Å². The Hall–Kier alpha value is -2.80. The average molecular weight is 408 g/mol. The molecule has 1 aromatic carbocycles. The molecule has 7 heteroatoms. The summed E-state index contributed by atoms with van der Waals surface area (Å²) in [5.74, 6) is -1.46. The van der Waals surface area contributed by atoms with Gasteiger partial charge in [0.25, 0.3) is 5.91 Å². The van der Waals surface area contributed by atoms with Gasteiger partial charge >= 0.3 is 5.97 Å². The maximum Gasteiger partial charge on any atom is 0.348 e. The Morgan fingerprint density at radius 1 is 1.30 bits per heavy atom. The molecule has 0 bridgehead atoms. The smallest absolute Gasteiger partial charge is 0.348 e. The third kappa shape index (κ3) is 1.99. The first-order valence-corrected chi connectivity index (χ1v) is 10.5. The highest BCUT2D eigenvalue weighted by Crippen LogP contribution is 2.50. The molecule has 0 saturated carbocycles. The Morgan fingerprint density at radius 2 is 2.07 bits per heavy atom. The molecule has 2 atom stereocenters.